The van der Waals surface area contributed by atoms with Crippen LogP contribution in [0.3, 0.4) is 0 Å². The molecule has 2 heterocycles. The van der Waals surface area contributed by atoms with Gasteiger partial charge in [-0.25, -0.2) is 4.98 Å². The number of nitrogens with zero attached hydrogens (tertiary/aromatic N) is 2. The van der Waals surface area contributed by atoms with Crippen LogP contribution in [-0.2, 0) is 0 Å². The Hall–Kier alpha value is -0.800. The Morgan fingerprint density at radius 2 is 2.00 bits per heavy atom. The predicted molar refractivity (Wildman–Crippen MR) is 77.2 cm³/mol. The topological polar surface area (TPSA) is 28.2 Å². The quantitative estimate of drug-likeness (QED) is 0.833. The van der Waals surface area contributed by atoms with Crippen LogP contribution in [0.25, 0.3) is 0 Å². The van der Waals surface area contributed by atoms with Crippen molar-refractivity contribution in [2.75, 3.05) is 18.4 Å². The number of rotatable bonds is 2. The summed E-state index contributed by atoms with van der Waals surface area (Å²) in [5, 5.41) is 4.09. The highest BCUT2D eigenvalue weighted by molar-refractivity contribution is 6.29. The molecular formula is C14H22ClN3. The van der Waals surface area contributed by atoms with Crippen molar-refractivity contribution in [3.05, 3.63) is 23.5 Å². The van der Waals surface area contributed by atoms with Gasteiger partial charge in [0.15, 0.2) is 0 Å². The fourth-order valence-corrected chi connectivity index (χ4v) is 2.60. The van der Waals surface area contributed by atoms with Gasteiger partial charge in [-0.05, 0) is 45.7 Å². The molecule has 0 radical (unpaired) electrons. The Kier molecular flexibility index (Phi) is 4.13. The van der Waals surface area contributed by atoms with Crippen molar-refractivity contribution in [1.82, 2.24) is 9.88 Å². The lowest BCUT2D eigenvalue weighted by atomic mass is 9.98. The first-order valence-corrected chi connectivity index (χ1v) is 6.96. The van der Waals surface area contributed by atoms with Crippen LogP contribution in [0, 0.1) is 0 Å². The van der Waals surface area contributed by atoms with E-state index < -0.39 is 0 Å². The molecule has 1 aromatic heterocycles. The molecule has 0 spiro atoms. The zero-order chi connectivity index (χ0) is 13.2. The van der Waals surface area contributed by atoms with Crippen LogP contribution in [0.2, 0.25) is 5.15 Å². The molecule has 1 aliphatic heterocycles. The Morgan fingerprint density at radius 3 is 2.56 bits per heavy atom. The minimum Gasteiger partial charge on any atom is -0.382 e. The normalized spacial score (nSPS) is 18.9. The highest BCUT2D eigenvalue weighted by Gasteiger charge is 2.26. The van der Waals surface area contributed by atoms with Crippen molar-refractivity contribution in [2.24, 2.45) is 0 Å². The summed E-state index contributed by atoms with van der Waals surface area (Å²) in [4.78, 5) is 6.54. The molecule has 1 N–H and O–H groups in total. The first-order chi connectivity index (χ1) is 8.45. The summed E-state index contributed by atoms with van der Waals surface area (Å²) in [7, 11) is 0. The van der Waals surface area contributed by atoms with Gasteiger partial charge in [-0.15, -0.1) is 0 Å². The molecule has 1 aliphatic rings. The minimum absolute atomic E-state index is 0.283. The molecule has 0 aliphatic carbocycles. The molecule has 3 nitrogen and oxygen atoms in total. The van der Waals surface area contributed by atoms with Crippen LogP contribution in [0.15, 0.2) is 18.3 Å². The van der Waals surface area contributed by atoms with E-state index in [0.717, 1.165) is 18.8 Å². The maximum Gasteiger partial charge on any atom is 0.131 e. The van der Waals surface area contributed by atoms with E-state index in [1.54, 1.807) is 6.20 Å². The van der Waals surface area contributed by atoms with Crippen molar-refractivity contribution in [2.45, 2.75) is 45.2 Å². The van der Waals surface area contributed by atoms with Gasteiger partial charge in [-0.1, -0.05) is 11.6 Å². The zero-order valence-corrected chi connectivity index (χ0v) is 12.2. The van der Waals surface area contributed by atoms with Gasteiger partial charge >= 0.3 is 0 Å². The molecule has 0 unspecified atom stereocenters. The number of piperidine rings is 1. The van der Waals surface area contributed by atoms with Crippen molar-refractivity contribution in [1.29, 1.82) is 0 Å². The van der Waals surface area contributed by atoms with Gasteiger partial charge in [0.1, 0.15) is 5.15 Å². The van der Waals surface area contributed by atoms with Crippen LogP contribution in [0.4, 0.5) is 5.69 Å². The van der Waals surface area contributed by atoms with Gasteiger partial charge in [0.25, 0.3) is 0 Å². The summed E-state index contributed by atoms with van der Waals surface area (Å²) in [5.41, 5.74) is 1.36. The number of hydrogen-bond acceptors (Lipinski definition) is 3. The lowest BCUT2D eigenvalue weighted by Gasteiger charge is -2.41. The van der Waals surface area contributed by atoms with E-state index in [4.69, 9.17) is 11.6 Å². The standard InChI is InChI=1S/C14H22ClN3/c1-14(2,3)18-8-5-11(6-9-18)17-12-4-7-16-13(15)10-12/h4,7,10-11H,5-6,8-9H2,1-3H3,(H,16,17). The molecule has 100 valence electrons. The number of hydrogen-bond donors (Lipinski definition) is 1. The summed E-state index contributed by atoms with van der Waals surface area (Å²) < 4.78 is 0. The van der Waals surface area contributed by atoms with Crippen molar-refractivity contribution in [3.8, 4) is 0 Å². The second-order valence-electron chi connectivity index (χ2n) is 5.94. The lowest BCUT2D eigenvalue weighted by Crippen LogP contribution is -2.48. The molecule has 0 atom stereocenters. The zero-order valence-electron chi connectivity index (χ0n) is 11.4. The molecule has 18 heavy (non-hydrogen) atoms. The summed E-state index contributed by atoms with van der Waals surface area (Å²) >= 11 is 5.89. The molecule has 2 rings (SSSR count). The monoisotopic (exact) mass is 267 g/mol. The third kappa shape index (κ3) is 3.59. The lowest BCUT2D eigenvalue weighted by molar-refractivity contribution is 0.106. The second kappa shape index (κ2) is 5.45. The number of nitrogens with one attached hydrogen (secondary N) is 1. The average Bonchev–Trinajstić information content (AvgIpc) is 2.28. The van der Waals surface area contributed by atoms with Crippen LogP contribution in [0.5, 0.6) is 0 Å². The van der Waals surface area contributed by atoms with Crippen LogP contribution in [0.1, 0.15) is 33.6 Å². The molecule has 1 aromatic rings. The van der Waals surface area contributed by atoms with Crippen molar-refractivity contribution < 1.29 is 0 Å². The summed E-state index contributed by atoms with van der Waals surface area (Å²) in [6, 6.07) is 4.40. The number of halogens is 1. The van der Waals surface area contributed by atoms with Gasteiger partial charge in [0.05, 0.1) is 0 Å². The summed E-state index contributed by atoms with van der Waals surface area (Å²) in [6.07, 6.45) is 4.10. The van der Waals surface area contributed by atoms with E-state index in [1.165, 1.54) is 12.8 Å². The van der Waals surface area contributed by atoms with Crippen LogP contribution < -0.4 is 5.32 Å². The average molecular weight is 268 g/mol. The van der Waals surface area contributed by atoms with E-state index in [9.17, 15) is 0 Å². The van der Waals surface area contributed by atoms with Crippen molar-refractivity contribution in [3.63, 3.8) is 0 Å². The maximum absolute atomic E-state index is 5.89. The SMILES string of the molecule is CC(C)(C)N1CCC(Nc2ccnc(Cl)c2)CC1. The molecule has 1 fully saturated rings. The van der Waals surface area contributed by atoms with Gasteiger partial charge in [-0.2, -0.15) is 0 Å². The molecular weight excluding hydrogens is 246 g/mol. The van der Waals surface area contributed by atoms with E-state index in [0.29, 0.717) is 11.2 Å². The first-order valence-electron chi connectivity index (χ1n) is 6.58. The van der Waals surface area contributed by atoms with Gasteiger partial charge in [-0.3, -0.25) is 4.90 Å². The number of likely N-dealkylation sites (tertiary alicyclic amines) is 1. The minimum atomic E-state index is 0.283. The van der Waals surface area contributed by atoms with E-state index >= 15 is 0 Å². The highest BCUT2D eigenvalue weighted by Crippen LogP contribution is 2.22. The van der Waals surface area contributed by atoms with Crippen molar-refractivity contribution >= 4 is 17.3 Å². The number of aromatic nitrogens is 1. The van der Waals surface area contributed by atoms with E-state index in [1.807, 2.05) is 12.1 Å². The number of pyridine rings is 1. The van der Waals surface area contributed by atoms with Gasteiger partial charge in [0.2, 0.25) is 0 Å². The first kappa shape index (κ1) is 13.6. The second-order valence-corrected chi connectivity index (χ2v) is 6.33. The molecule has 0 saturated carbocycles. The largest absolute Gasteiger partial charge is 0.382 e. The summed E-state index contributed by atoms with van der Waals surface area (Å²) in [6.45, 7) is 9.15. The molecule has 1 saturated heterocycles. The summed E-state index contributed by atoms with van der Waals surface area (Å²) in [5.74, 6) is 0. The smallest absolute Gasteiger partial charge is 0.131 e. The number of anilines is 1. The Morgan fingerprint density at radius 1 is 1.33 bits per heavy atom. The van der Waals surface area contributed by atoms with Crippen LogP contribution in [-0.4, -0.2) is 34.6 Å². The predicted octanol–water partition coefficient (Wildman–Crippen LogP) is 3.41. The van der Waals surface area contributed by atoms with E-state index in [2.05, 4.69) is 36.0 Å². The van der Waals surface area contributed by atoms with Crippen LogP contribution >= 0.6 is 11.6 Å². The Labute approximate surface area is 115 Å². The fraction of sp³-hybridized carbons (Fsp3) is 0.643. The fourth-order valence-electron chi connectivity index (χ4n) is 2.42. The Balaban J connectivity index is 1.87. The third-order valence-electron chi connectivity index (χ3n) is 3.54. The molecule has 0 aromatic carbocycles. The molecule has 4 heteroatoms. The van der Waals surface area contributed by atoms with Gasteiger partial charge in [0, 0.05) is 36.6 Å². The molecule has 0 amide bonds. The van der Waals surface area contributed by atoms with Gasteiger partial charge < -0.3 is 5.32 Å². The highest BCUT2D eigenvalue weighted by atomic mass is 35.5. The Bertz CT molecular complexity index is 392. The third-order valence-corrected chi connectivity index (χ3v) is 3.75. The van der Waals surface area contributed by atoms with E-state index in [-0.39, 0.29) is 5.54 Å². The molecule has 0 bridgehead atoms. The maximum atomic E-state index is 5.89.